The molecule has 0 bridgehead atoms. The summed E-state index contributed by atoms with van der Waals surface area (Å²) in [6.45, 7) is 1.65. The summed E-state index contributed by atoms with van der Waals surface area (Å²) in [6.07, 6.45) is -1.30. The largest absolute Gasteiger partial charge is 0.459 e. The number of ether oxygens (including phenoxy) is 1. The Balaban J connectivity index is 2.10. The molecule has 16 heavy (non-hydrogen) atoms. The Hall–Kier alpha value is -1.07. The lowest BCUT2D eigenvalue weighted by atomic mass is 10.2. The number of cyclic esters (lactones) is 1. The smallest absolute Gasteiger partial charge is 0.322 e. The van der Waals surface area contributed by atoms with E-state index in [-0.39, 0.29) is 5.82 Å². The van der Waals surface area contributed by atoms with Crippen molar-refractivity contribution in [2.45, 2.75) is 29.3 Å². The molecule has 1 N–H and O–H groups in total. The van der Waals surface area contributed by atoms with Gasteiger partial charge in [0.25, 0.3) is 0 Å². The predicted molar refractivity (Wildman–Crippen MR) is 57.6 cm³/mol. The van der Waals surface area contributed by atoms with E-state index in [0.717, 1.165) is 4.90 Å². The fourth-order valence-electron chi connectivity index (χ4n) is 1.48. The van der Waals surface area contributed by atoms with Crippen molar-refractivity contribution in [2.24, 2.45) is 0 Å². The van der Waals surface area contributed by atoms with Crippen LogP contribution in [0.1, 0.15) is 6.92 Å². The molecule has 86 valence electrons. The minimum atomic E-state index is -0.817. The average Bonchev–Trinajstić information content (AvgIpc) is 2.48. The molecule has 1 fully saturated rings. The Morgan fingerprint density at radius 2 is 2.00 bits per heavy atom. The van der Waals surface area contributed by atoms with Gasteiger partial charge in [-0.3, -0.25) is 4.79 Å². The molecule has 5 heteroatoms. The van der Waals surface area contributed by atoms with Gasteiger partial charge in [0.05, 0.1) is 0 Å². The Kier molecular flexibility index (Phi) is 3.16. The third-order valence-electron chi connectivity index (χ3n) is 2.40. The molecule has 3 nitrogen and oxygen atoms in total. The van der Waals surface area contributed by atoms with Gasteiger partial charge in [-0.05, 0) is 31.2 Å². The lowest BCUT2D eigenvalue weighted by molar-refractivity contribution is -0.140. The first-order chi connectivity index (χ1) is 7.58. The molecular weight excluding hydrogens is 231 g/mol. The van der Waals surface area contributed by atoms with Gasteiger partial charge in [-0.25, -0.2) is 4.39 Å². The maximum atomic E-state index is 12.7. The van der Waals surface area contributed by atoms with Crippen LogP contribution in [0.3, 0.4) is 0 Å². The number of aliphatic hydroxyl groups is 1. The van der Waals surface area contributed by atoms with Crippen LogP contribution in [0, 0.1) is 5.82 Å². The highest BCUT2D eigenvalue weighted by Crippen LogP contribution is 2.32. The zero-order chi connectivity index (χ0) is 11.7. The molecule has 2 rings (SSSR count). The van der Waals surface area contributed by atoms with Gasteiger partial charge in [0.1, 0.15) is 23.3 Å². The first-order valence-corrected chi connectivity index (χ1v) is 5.76. The monoisotopic (exact) mass is 242 g/mol. The third kappa shape index (κ3) is 2.20. The quantitative estimate of drug-likeness (QED) is 0.800. The van der Waals surface area contributed by atoms with E-state index in [2.05, 4.69) is 0 Å². The number of carbonyl (C=O) groups excluding carboxylic acids is 1. The molecule has 0 aromatic heterocycles. The Morgan fingerprint density at radius 3 is 2.50 bits per heavy atom. The van der Waals surface area contributed by atoms with Crippen LogP contribution in [0.15, 0.2) is 29.2 Å². The summed E-state index contributed by atoms with van der Waals surface area (Å²) < 4.78 is 17.6. The lowest BCUT2D eigenvalue weighted by Crippen LogP contribution is -2.26. The van der Waals surface area contributed by atoms with E-state index in [4.69, 9.17) is 4.74 Å². The highest BCUT2D eigenvalue weighted by molar-refractivity contribution is 8.00. The van der Waals surface area contributed by atoms with E-state index in [9.17, 15) is 14.3 Å². The van der Waals surface area contributed by atoms with Crippen molar-refractivity contribution in [1.82, 2.24) is 0 Å². The molecule has 1 saturated heterocycles. The molecule has 0 spiro atoms. The highest BCUT2D eigenvalue weighted by atomic mass is 32.2. The van der Waals surface area contributed by atoms with Crippen molar-refractivity contribution in [3.05, 3.63) is 30.1 Å². The van der Waals surface area contributed by atoms with Crippen molar-refractivity contribution < 1.29 is 19.0 Å². The van der Waals surface area contributed by atoms with E-state index in [1.807, 2.05) is 0 Å². The molecule has 1 aromatic carbocycles. The van der Waals surface area contributed by atoms with Gasteiger partial charge in [0.2, 0.25) is 0 Å². The normalized spacial score (nSPS) is 29.2. The van der Waals surface area contributed by atoms with E-state index in [1.54, 1.807) is 19.1 Å². The number of hydrogen-bond donors (Lipinski definition) is 1. The van der Waals surface area contributed by atoms with Crippen molar-refractivity contribution in [2.75, 3.05) is 0 Å². The standard InChI is InChI=1S/C11H11FO3S/c1-6-9(13)10(11(14)15-6)16-8-4-2-7(12)3-5-8/h2-6,9-10,13H,1H3/t6-,9+,10+/m0/s1. The maximum absolute atomic E-state index is 12.7. The van der Waals surface area contributed by atoms with Crippen LogP contribution >= 0.6 is 11.8 Å². The molecule has 1 heterocycles. The number of rotatable bonds is 2. The van der Waals surface area contributed by atoms with E-state index >= 15 is 0 Å². The molecule has 1 aliphatic rings. The average molecular weight is 242 g/mol. The van der Waals surface area contributed by atoms with Gasteiger partial charge in [-0.1, -0.05) is 0 Å². The summed E-state index contributed by atoms with van der Waals surface area (Å²) in [4.78, 5) is 12.1. The Bertz CT molecular complexity index is 393. The van der Waals surface area contributed by atoms with Crippen LogP contribution in [-0.2, 0) is 9.53 Å². The second-order valence-corrected chi connectivity index (χ2v) is 4.84. The molecule has 0 radical (unpaired) electrons. The van der Waals surface area contributed by atoms with E-state index in [0.29, 0.717) is 0 Å². The number of esters is 1. The van der Waals surface area contributed by atoms with Gasteiger partial charge < -0.3 is 9.84 Å². The first-order valence-electron chi connectivity index (χ1n) is 4.89. The predicted octanol–water partition coefficient (Wildman–Crippen LogP) is 1.59. The number of benzene rings is 1. The van der Waals surface area contributed by atoms with Gasteiger partial charge in [0, 0.05) is 4.90 Å². The Labute approximate surface area is 96.6 Å². The van der Waals surface area contributed by atoms with E-state index < -0.39 is 23.4 Å². The molecule has 3 atom stereocenters. The van der Waals surface area contributed by atoms with Crippen molar-refractivity contribution in [3.8, 4) is 0 Å². The summed E-state index contributed by atoms with van der Waals surface area (Å²) in [5.74, 6) is -0.749. The molecule has 0 amide bonds. The van der Waals surface area contributed by atoms with Crippen molar-refractivity contribution in [3.63, 3.8) is 0 Å². The van der Waals surface area contributed by atoms with Crippen LogP contribution in [-0.4, -0.2) is 28.5 Å². The number of carbonyl (C=O) groups is 1. The number of aliphatic hydroxyl groups excluding tert-OH is 1. The minimum absolute atomic E-state index is 0.327. The molecular formula is C11H11FO3S. The molecule has 0 saturated carbocycles. The zero-order valence-corrected chi connectivity index (χ0v) is 9.41. The fourth-order valence-corrected chi connectivity index (χ4v) is 2.58. The van der Waals surface area contributed by atoms with Gasteiger partial charge in [-0.15, -0.1) is 11.8 Å². The summed E-state index contributed by atoms with van der Waals surface area (Å²) in [5.41, 5.74) is 0. The van der Waals surface area contributed by atoms with Gasteiger partial charge >= 0.3 is 5.97 Å². The highest BCUT2D eigenvalue weighted by Gasteiger charge is 2.41. The van der Waals surface area contributed by atoms with E-state index in [1.165, 1.54) is 23.9 Å². The molecule has 1 aromatic rings. The number of thioether (sulfide) groups is 1. The number of hydrogen-bond acceptors (Lipinski definition) is 4. The SMILES string of the molecule is C[C@@H]1OC(=O)[C@H](Sc2ccc(F)cc2)[C@@H]1O. The van der Waals surface area contributed by atoms with Crippen LogP contribution in [0.5, 0.6) is 0 Å². The minimum Gasteiger partial charge on any atom is -0.459 e. The Morgan fingerprint density at radius 1 is 1.38 bits per heavy atom. The topological polar surface area (TPSA) is 46.5 Å². The van der Waals surface area contributed by atoms with Crippen LogP contribution in [0.25, 0.3) is 0 Å². The third-order valence-corrected chi connectivity index (χ3v) is 3.67. The van der Waals surface area contributed by atoms with Crippen molar-refractivity contribution in [1.29, 1.82) is 0 Å². The second kappa shape index (κ2) is 4.43. The summed E-state index contributed by atoms with van der Waals surface area (Å²) in [5, 5.41) is 9.08. The second-order valence-electron chi connectivity index (χ2n) is 3.62. The maximum Gasteiger partial charge on any atom is 0.322 e. The molecule has 1 aliphatic heterocycles. The number of halogens is 1. The summed E-state index contributed by atoms with van der Waals surface area (Å²) >= 11 is 1.19. The summed E-state index contributed by atoms with van der Waals surface area (Å²) in [6, 6.07) is 5.78. The molecule has 0 unspecified atom stereocenters. The van der Waals surface area contributed by atoms with Gasteiger partial charge in [0.15, 0.2) is 0 Å². The van der Waals surface area contributed by atoms with Crippen LogP contribution in [0.4, 0.5) is 4.39 Å². The summed E-state index contributed by atoms with van der Waals surface area (Å²) in [7, 11) is 0. The first kappa shape index (κ1) is 11.4. The van der Waals surface area contributed by atoms with Gasteiger partial charge in [-0.2, -0.15) is 0 Å². The van der Waals surface area contributed by atoms with Crippen molar-refractivity contribution >= 4 is 17.7 Å². The van der Waals surface area contributed by atoms with Crippen LogP contribution in [0.2, 0.25) is 0 Å². The molecule has 0 aliphatic carbocycles. The van der Waals surface area contributed by atoms with Crippen LogP contribution < -0.4 is 0 Å². The fraction of sp³-hybridized carbons (Fsp3) is 0.364. The zero-order valence-electron chi connectivity index (χ0n) is 8.59. The lowest BCUT2D eigenvalue weighted by Gasteiger charge is -2.11.